The third kappa shape index (κ3) is 5.70. The number of benzene rings is 3. The first kappa shape index (κ1) is 27.0. The Labute approximate surface area is 224 Å². The molecule has 0 aliphatic carbocycles. The molecule has 3 aromatic carbocycles. The first-order valence-corrected chi connectivity index (χ1v) is 13.0. The summed E-state index contributed by atoms with van der Waals surface area (Å²) >= 11 is 0. The summed E-state index contributed by atoms with van der Waals surface area (Å²) in [5.41, 5.74) is 2.18. The lowest BCUT2D eigenvalue weighted by Gasteiger charge is -2.37. The lowest BCUT2D eigenvalue weighted by atomic mass is 9.80. The molecule has 38 heavy (non-hydrogen) atoms. The van der Waals surface area contributed by atoms with E-state index < -0.39 is 36.0 Å². The molecule has 2 aliphatic rings. The zero-order chi connectivity index (χ0) is 26.4. The van der Waals surface area contributed by atoms with Crippen LogP contribution < -0.4 is 0 Å². The van der Waals surface area contributed by atoms with Gasteiger partial charge in [-0.3, -0.25) is 0 Å². The van der Waals surface area contributed by atoms with Crippen molar-refractivity contribution in [3.05, 3.63) is 108 Å². The van der Waals surface area contributed by atoms with Gasteiger partial charge in [0.05, 0.1) is 19.8 Å². The summed E-state index contributed by atoms with van der Waals surface area (Å²) in [6, 6.07) is 30.8. The highest BCUT2D eigenvalue weighted by Gasteiger charge is 2.56. The van der Waals surface area contributed by atoms with Crippen molar-refractivity contribution in [3.8, 4) is 0 Å². The van der Waals surface area contributed by atoms with E-state index in [0.29, 0.717) is 13.2 Å². The summed E-state index contributed by atoms with van der Waals surface area (Å²) < 4.78 is 42.3. The van der Waals surface area contributed by atoms with Gasteiger partial charge in [-0.05, 0) is 30.5 Å². The molecule has 0 N–H and O–H groups in total. The van der Waals surface area contributed by atoms with Gasteiger partial charge >= 0.3 is 0 Å². The fourth-order valence-corrected chi connectivity index (χ4v) is 5.19. The molecule has 202 valence electrons. The van der Waals surface area contributed by atoms with Gasteiger partial charge in [-0.25, -0.2) is 0 Å². The molecule has 0 amide bonds. The number of hydrogen-bond donors (Lipinski definition) is 0. The molecule has 0 spiro atoms. The van der Waals surface area contributed by atoms with E-state index in [1.807, 2.05) is 68.4 Å². The molecule has 2 aliphatic heterocycles. The molecule has 3 aromatic rings. The second-order valence-corrected chi connectivity index (χ2v) is 9.88. The third-order valence-corrected chi connectivity index (χ3v) is 6.87. The molecule has 4 atom stereocenters. The predicted octanol–water partition coefficient (Wildman–Crippen LogP) is 4.88. The molecular weight excluding hydrogens is 484 g/mol. The average Bonchev–Trinajstić information content (AvgIpc) is 3.42. The fourth-order valence-electron chi connectivity index (χ4n) is 5.19. The van der Waals surface area contributed by atoms with Gasteiger partial charge in [-0.2, -0.15) is 0 Å². The summed E-state index contributed by atoms with van der Waals surface area (Å²) in [6.07, 6.45) is -1.83. The van der Waals surface area contributed by atoms with Gasteiger partial charge in [0.2, 0.25) is 0 Å². The monoisotopic (exact) mass is 520 g/mol. The summed E-state index contributed by atoms with van der Waals surface area (Å²) in [6.45, 7) is 4.99. The van der Waals surface area contributed by atoms with E-state index in [2.05, 4.69) is 36.4 Å². The topological polar surface area (TPSA) is 64.6 Å². The van der Waals surface area contributed by atoms with E-state index in [4.69, 9.17) is 33.2 Å². The molecule has 5 rings (SSSR count). The first-order chi connectivity index (χ1) is 18.5. The molecule has 2 fully saturated rings. The van der Waals surface area contributed by atoms with E-state index in [9.17, 15) is 0 Å². The third-order valence-electron chi connectivity index (χ3n) is 6.87. The van der Waals surface area contributed by atoms with Gasteiger partial charge in [0.1, 0.15) is 30.7 Å². The Balaban J connectivity index is 1.45. The molecule has 0 aromatic heterocycles. The molecule has 7 heteroatoms. The Bertz CT molecular complexity index is 1030. The van der Waals surface area contributed by atoms with Crippen molar-refractivity contribution in [1.82, 2.24) is 0 Å². The van der Waals surface area contributed by atoms with Crippen LogP contribution in [0.5, 0.6) is 0 Å². The number of methoxy groups -OCH3 is 1. The summed E-state index contributed by atoms with van der Waals surface area (Å²) in [4.78, 5) is 0. The predicted molar refractivity (Wildman–Crippen MR) is 141 cm³/mol. The summed E-state index contributed by atoms with van der Waals surface area (Å²) in [5.74, 6) is -0.762. The van der Waals surface area contributed by atoms with Crippen molar-refractivity contribution >= 4 is 0 Å². The van der Waals surface area contributed by atoms with Crippen LogP contribution in [-0.2, 0) is 38.8 Å². The number of ether oxygens (including phenoxy) is 7. The Morgan fingerprint density at radius 2 is 1.32 bits per heavy atom. The van der Waals surface area contributed by atoms with Crippen LogP contribution in [0.4, 0.5) is 0 Å². The molecule has 7 nitrogen and oxygen atoms in total. The minimum Gasteiger partial charge on any atom is -0.382 e. The SMILES string of the molecule is COCCOCO[C@@H]1[C@H]2OC(C)(C)O[C@H]2O[C@@H]1COC(c1ccccc1)(c1ccccc1)c1ccccc1. The fraction of sp³-hybridized carbons (Fsp3) is 0.419. The van der Waals surface area contributed by atoms with Crippen molar-refractivity contribution in [1.29, 1.82) is 0 Å². The molecule has 0 radical (unpaired) electrons. The van der Waals surface area contributed by atoms with Gasteiger partial charge < -0.3 is 33.2 Å². The molecule has 2 heterocycles. The quantitative estimate of drug-likeness (QED) is 0.192. The van der Waals surface area contributed by atoms with Crippen LogP contribution in [0.3, 0.4) is 0 Å². The van der Waals surface area contributed by atoms with Gasteiger partial charge in [0.25, 0.3) is 0 Å². The number of hydrogen-bond acceptors (Lipinski definition) is 7. The maximum atomic E-state index is 6.99. The minimum absolute atomic E-state index is 0.0854. The maximum absolute atomic E-state index is 6.99. The highest BCUT2D eigenvalue weighted by molar-refractivity contribution is 5.47. The van der Waals surface area contributed by atoms with E-state index >= 15 is 0 Å². The Hall–Kier alpha value is -2.62. The second-order valence-electron chi connectivity index (χ2n) is 9.88. The highest BCUT2D eigenvalue weighted by Crippen LogP contribution is 2.43. The standard InChI is InChI=1S/C31H36O7/c1-30(2)37-28-27(34-22-33-20-19-32-3)26(36-29(28)38-30)21-35-31(23-13-7-4-8-14-23,24-15-9-5-10-16-24)25-17-11-6-12-18-25/h4-18,26-29H,19-22H2,1-3H3/t26-,27+,28-,29-/m1/s1. The van der Waals surface area contributed by atoms with E-state index in [0.717, 1.165) is 16.7 Å². The lowest BCUT2D eigenvalue weighted by molar-refractivity contribution is -0.233. The lowest BCUT2D eigenvalue weighted by Crippen LogP contribution is -2.42. The summed E-state index contributed by atoms with van der Waals surface area (Å²) in [7, 11) is 1.64. The molecule has 0 saturated carbocycles. The maximum Gasteiger partial charge on any atom is 0.190 e. The van der Waals surface area contributed by atoms with Crippen molar-refractivity contribution in [2.75, 3.05) is 33.7 Å². The minimum atomic E-state index is -0.870. The van der Waals surface area contributed by atoms with Gasteiger partial charge in [-0.1, -0.05) is 91.0 Å². The smallest absolute Gasteiger partial charge is 0.190 e. The van der Waals surface area contributed by atoms with Crippen LogP contribution in [0, 0.1) is 0 Å². The van der Waals surface area contributed by atoms with E-state index in [1.54, 1.807) is 7.11 Å². The van der Waals surface area contributed by atoms with Crippen molar-refractivity contribution in [2.45, 2.75) is 49.8 Å². The Kier molecular flexibility index (Phi) is 8.55. The zero-order valence-electron chi connectivity index (χ0n) is 22.2. The van der Waals surface area contributed by atoms with Crippen molar-refractivity contribution in [2.24, 2.45) is 0 Å². The number of rotatable bonds is 12. The van der Waals surface area contributed by atoms with Crippen molar-refractivity contribution in [3.63, 3.8) is 0 Å². The molecule has 0 unspecified atom stereocenters. The second kappa shape index (κ2) is 12.1. The van der Waals surface area contributed by atoms with Crippen molar-refractivity contribution < 1.29 is 33.2 Å². The van der Waals surface area contributed by atoms with Crippen LogP contribution in [0.15, 0.2) is 91.0 Å². The van der Waals surface area contributed by atoms with Crippen LogP contribution in [0.2, 0.25) is 0 Å². The largest absolute Gasteiger partial charge is 0.382 e. The summed E-state index contributed by atoms with van der Waals surface area (Å²) in [5, 5.41) is 0. The van der Waals surface area contributed by atoms with E-state index in [1.165, 1.54) is 0 Å². The molecular formula is C31H36O7. The molecule has 0 bridgehead atoms. The average molecular weight is 521 g/mol. The van der Waals surface area contributed by atoms with Gasteiger partial charge in [-0.15, -0.1) is 0 Å². The van der Waals surface area contributed by atoms with E-state index in [-0.39, 0.29) is 13.4 Å². The molecule has 2 saturated heterocycles. The number of fused-ring (bicyclic) bond motifs is 1. The van der Waals surface area contributed by atoms with Crippen LogP contribution >= 0.6 is 0 Å². The van der Waals surface area contributed by atoms with Crippen LogP contribution in [-0.4, -0.2) is 64.1 Å². The van der Waals surface area contributed by atoms with Crippen LogP contribution in [0.25, 0.3) is 0 Å². The Morgan fingerprint density at radius 3 is 1.84 bits per heavy atom. The Morgan fingerprint density at radius 1 is 0.763 bits per heavy atom. The zero-order valence-corrected chi connectivity index (χ0v) is 22.2. The normalized spacial score (nSPS) is 24.4. The van der Waals surface area contributed by atoms with Crippen LogP contribution in [0.1, 0.15) is 30.5 Å². The first-order valence-electron chi connectivity index (χ1n) is 13.0. The highest BCUT2D eigenvalue weighted by atomic mass is 16.8. The van der Waals surface area contributed by atoms with Gasteiger partial charge in [0, 0.05) is 7.11 Å². The van der Waals surface area contributed by atoms with Gasteiger partial charge in [0.15, 0.2) is 12.1 Å².